The van der Waals surface area contributed by atoms with E-state index >= 15 is 0 Å². The van der Waals surface area contributed by atoms with Crippen molar-refractivity contribution in [2.75, 3.05) is 19.7 Å². The number of hydrogen-bond acceptors (Lipinski definition) is 5. The maximum atomic E-state index is 12.4. The summed E-state index contributed by atoms with van der Waals surface area (Å²) in [5.41, 5.74) is 1.86. The number of nitrogens with zero attached hydrogens (tertiary/aromatic N) is 3. The van der Waals surface area contributed by atoms with E-state index in [1.807, 2.05) is 36.3 Å². The first-order valence-electron chi connectivity index (χ1n) is 7.86. The number of aromatic nitrogens is 2. The molecule has 0 aliphatic carbocycles. The zero-order valence-corrected chi connectivity index (χ0v) is 14.3. The molecule has 3 rings (SSSR count). The monoisotopic (exact) mass is 331 g/mol. The van der Waals surface area contributed by atoms with Gasteiger partial charge in [-0.2, -0.15) is 0 Å². The Hall–Kier alpha value is -1.79. The van der Waals surface area contributed by atoms with Crippen molar-refractivity contribution in [3.63, 3.8) is 0 Å². The van der Waals surface area contributed by atoms with E-state index in [4.69, 9.17) is 4.74 Å². The van der Waals surface area contributed by atoms with Crippen LogP contribution < -0.4 is 0 Å². The number of ether oxygens (including phenoxy) is 1. The zero-order chi connectivity index (χ0) is 16.2. The van der Waals surface area contributed by atoms with Gasteiger partial charge in [-0.15, -0.1) is 11.3 Å². The number of carbonyl (C=O) groups excluding carboxylic acids is 1. The van der Waals surface area contributed by atoms with Crippen molar-refractivity contribution in [3.05, 3.63) is 45.7 Å². The molecule has 3 heterocycles. The number of amides is 1. The summed E-state index contributed by atoms with van der Waals surface area (Å²) in [7, 11) is 0. The minimum atomic E-state index is -0.229. The molecule has 1 atom stereocenters. The molecule has 0 radical (unpaired) electrons. The van der Waals surface area contributed by atoms with E-state index in [0.717, 1.165) is 17.8 Å². The highest BCUT2D eigenvalue weighted by Crippen LogP contribution is 2.21. The molecule has 1 amide bonds. The van der Waals surface area contributed by atoms with E-state index in [1.165, 1.54) is 4.88 Å². The summed E-state index contributed by atoms with van der Waals surface area (Å²) in [5, 5.41) is 2.04. The van der Waals surface area contributed by atoms with Gasteiger partial charge in [0.1, 0.15) is 6.10 Å². The Labute approximate surface area is 140 Å². The fourth-order valence-electron chi connectivity index (χ4n) is 2.77. The number of morpholine rings is 1. The predicted molar refractivity (Wildman–Crippen MR) is 89.4 cm³/mol. The highest BCUT2D eigenvalue weighted by atomic mass is 32.1. The average Bonchev–Trinajstić information content (AvgIpc) is 3.05. The summed E-state index contributed by atoms with van der Waals surface area (Å²) in [6.07, 6.45) is 1.12. The van der Waals surface area contributed by atoms with Crippen LogP contribution >= 0.6 is 11.3 Å². The van der Waals surface area contributed by atoms with Crippen molar-refractivity contribution < 1.29 is 9.53 Å². The third kappa shape index (κ3) is 4.14. The molecule has 122 valence electrons. The lowest BCUT2D eigenvalue weighted by atomic mass is 10.2. The SMILES string of the molecule is Cc1cc(C)nc([C@@H]2CN(C(=O)CCc3cccs3)CCO2)n1. The van der Waals surface area contributed by atoms with E-state index in [1.54, 1.807) is 11.3 Å². The van der Waals surface area contributed by atoms with E-state index in [0.29, 0.717) is 31.9 Å². The van der Waals surface area contributed by atoms with Gasteiger partial charge in [-0.3, -0.25) is 4.79 Å². The van der Waals surface area contributed by atoms with Crippen LogP contribution in [0.1, 0.15) is 34.6 Å². The number of aryl methyl sites for hydroxylation is 3. The van der Waals surface area contributed by atoms with Crippen LogP contribution in [0.15, 0.2) is 23.6 Å². The number of thiophene rings is 1. The molecule has 1 fully saturated rings. The first kappa shape index (κ1) is 16.1. The number of rotatable bonds is 4. The minimum Gasteiger partial charge on any atom is -0.367 e. The second kappa shape index (κ2) is 7.19. The van der Waals surface area contributed by atoms with Crippen LogP contribution in [-0.2, 0) is 16.0 Å². The Morgan fingerprint density at radius 2 is 2.17 bits per heavy atom. The lowest BCUT2D eigenvalue weighted by Gasteiger charge is -2.32. The van der Waals surface area contributed by atoms with E-state index < -0.39 is 0 Å². The van der Waals surface area contributed by atoms with Gasteiger partial charge >= 0.3 is 0 Å². The summed E-state index contributed by atoms with van der Waals surface area (Å²) >= 11 is 1.70. The number of carbonyl (C=O) groups is 1. The Morgan fingerprint density at radius 1 is 1.39 bits per heavy atom. The van der Waals surface area contributed by atoms with Gasteiger partial charge in [-0.25, -0.2) is 9.97 Å². The maximum Gasteiger partial charge on any atom is 0.223 e. The van der Waals surface area contributed by atoms with Crippen LogP contribution in [0.4, 0.5) is 0 Å². The van der Waals surface area contributed by atoms with E-state index in [9.17, 15) is 4.79 Å². The topological polar surface area (TPSA) is 55.3 Å². The van der Waals surface area contributed by atoms with Crippen LogP contribution in [0.25, 0.3) is 0 Å². The summed E-state index contributed by atoms with van der Waals surface area (Å²) in [6, 6.07) is 6.03. The molecule has 0 saturated carbocycles. The van der Waals surface area contributed by atoms with Crippen molar-refractivity contribution in [3.8, 4) is 0 Å². The summed E-state index contributed by atoms with van der Waals surface area (Å²) in [6.45, 7) is 5.61. The second-order valence-electron chi connectivity index (χ2n) is 5.79. The van der Waals surface area contributed by atoms with Crippen LogP contribution in [-0.4, -0.2) is 40.5 Å². The molecule has 6 heteroatoms. The fourth-order valence-corrected chi connectivity index (χ4v) is 3.48. The minimum absolute atomic E-state index is 0.177. The molecule has 2 aromatic rings. The first-order chi connectivity index (χ1) is 11.1. The average molecular weight is 331 g/mol. The van der Waals surface area contributed by atoms with Gasteiger partial charge in [-0.05, 0) is 37.8 Å². The quantitative estimate of drug-likeness (QED) is 0.864. The van der Waals surface area contributed by atoms with Gasteiger partial charge in [0, 0.05) is 29.2 Å². The van der Waals surface area contributed by atoms with E-state index in [-0.39, 0.29) is 12.0 Å². The van der Waals surface area contributed by atoms with Crippen molar-refractivity contribution in [1.82, 2.24) is 14.9 Å². The molecule has 0 unspecified atom stereocenters. The second-order valence-corrected chi connectivity index (χ2v) is 6.82. The molecule has 1 saturated heterocycles. The zero-order valence-electron chi connectivity index (χ0n) is 13.5. The maximum absolute atomic E-state index is 12.4. The van der Waals surface area contributed by atoms with Crippen molar-refractivity contribution in [2.45, 2.75) is 32.8 Å². The third-order valence-electron chi connectivity index (χ3n) is 3.87. The lowest BCUT2D eigenvalue weighted by Crippen LogP contribution is -2.42. The van der Waals surface area contributed by atoms with Gasteiger partial charge < -0.3 is 9.64 Å². The molecular formula is C17H21N3O2S. The smallest absolute Gasteiger partial charge is 0.223 e. The Bertz CT molecular complexity index is 652. The summed E-state index contributed by atoms with van der Waals surface area (Å²) in [4.78, 5) is 24.5. The first-order valence-corrected chi connectivity index (χ1v) is 8.74. The predicted octanol–water partition coefficient (Wildman–Crippen LogP) is 2.69. The van der Waals surface area contributed by atoms with Crippen molar-refractivity contribution in [2.24, 2.45) is 0 Å². The Balaban J connectivity index is 1.62. The molecule has 2 aromatic heterocycles. The molecule has 0 bridgehead atoms. The van der Waals surface area contributed by atoms with Gasteiger partial charge in [-0.1, -0.05) is 6.07 Å². The van der Waals surface area contributed by atoms with Crippen LogP contribution in [0, 0.1) is 13.8 Å². The molecule has 1 aliphatic heterocycles. The van der Waals surface area contributed by atoms with Gasteiger partial charge in [0.2, 0.25) is 5.91 Å². The molecule has 0 spiro atoms. The standard InChI is InChI=1S/C17H21N3O2S/c1-12-10-13(2)19-17(18-12)15-11-20(7-8-22-15)16(21)6-5-14-4-3-9-23-14/h3-4,9-10,15H,5-8,11H2,1-2H3/t15-/m0/s1. The van der Waals surface area contributed by atoms with Crippen molar-refractivity contribution >= 4 is 17.2 Å². The highest BCUT2D eigenvalue weighted by molar-refractivity contribution is 7.09. The third-order valence-corrected chi connectivity index (χ3v) is 4.81. The summed E-state index contributed by atoms with van der Waals surface area (Å²) < 4.78 is 5.79. The molecular weight excluding hydrogens is 310 g/mol. The highest BCUT2D eigenvalue weighted by Gasteiger charge is 2.27. The molecule has 0 aromatic carbocycles. The largest absolute Gasteiger partial charge is 0.367 e. The lowest BCUT2D eigenvalue weighted by molar-refractivity contribution is -0.139. The van der Waals surface area contributed by atoms with Gasteiger partial charge in [0.25, 0.3) is 0 Å². The molecule has 0 N–H and O–H groups in total. The Morgan fingerprint density at radius 3 is 2.87 bits per heavy atom. The normalized spacial score (nSPS) is 18.2. The van der Waals surface area contributed by atoms with Crippen LogP contribution in [0.5, 0.6) is 0 Å². The van der Waals surface area contributed by atoms with Crippen molar-refractivity contribution in [1.29, 1.82) is 0 Å². The molecule has 23 heavy (non-hydrogen) atoms. The molecule has 1 aliphatic rings. The fraction of sp³-hybridized carbons (Fsp3) is 0.471. The Kier molecular flexibility index (Phi) is 5.03. The van der Waals surface area contributed by atoms with Gasteiger partial charge in [0.15, 0.2) is 5.82 Å². The summed E-state index contributed by atoms with van der Waals surface area (Å²) in [5.74, 6) is 0.856. The van der Waals surface area contributed by atoms with Crippen LogP contribution in [0.2, 0.25) is 0 Å². The molecule has 5 nitrogen and oxygen atoms in total. The number of hydrogen-bond donors (Lipinski definition) is 0. The van der Waals surface area contributed by atoms with Crippen LogP contribution in [0.3, 0.4) is 0 Å². The van der Waals surface area contributed by atoms with Gasteiger partial charge in [0.05, 0.1) is 13.2 Å². The van der Waals surface area contributed by atoms with E-state index in [2.05, 4.69) is 16.0 Å².